The molecule has 1 aliphatic rings. The number of methoxy groups -OCH3 is 1. The summed E-state index contributed by atoms with van der Waals surface area (Å²) in [7, 11) is -4.74. The Hall–Kier alpha value is -2.02. The SMILES string of the molecule is COC1O[C@@H](COCc2ccccc2)[C@@H](OCc2ccccc2)[C@@H]1OS(=O)(=O)C(F)(F)F. The first-order valence-corrected chi connectivity index (χ1v) is 11.1. The average molecular weight is 476 g/mol. The highest BCUT2D eigenvalue weighted by molar-refractivity contribution is 7.87. The summed E-state index contributed by atoms with van der Waals surface area (Å²) in [6.07, 6.45) is -5.22. The standard InChI is InChI=1S/C21H23F3O7S/c1-27-20-19(31-32(25,26)21(22,23)24)18(29-13-16-10-6-3-7-11-16)17(30-20)14-28-12-15-8-4-2-5-9-15/h2-11,17-20H,12-14H2,1H3/t17-,18+,19-,20?/m0/s1. The summed E-state index contributed by atoms with van der Waals surface area (Å²) < 4.78 is 88.6. The van der Waals surface area contributed by atoms with Crippen LogP contribution < -0.4 is 0 Å². The molecule has 0 bridgehead atoms. The fraction of sp³-hybridized carbons (Fsp3) is 0.429. The maximum Gasteiger partial charge on any atom is 0.523 e. The van der Waals surface area contributed by atoms with E-state index in [1.165, 1.54) is 7.11 Å². The van der Waals surface area contributed by atoms with Crippen LogP contribution in [0.5, 0.6) is 0 Å². The molecule has 1 saturated heterocycles. The second-order valence-electron chi connectivity index (χ2n) is 7.00. The summed E-state index contributed by atoms with van der Waals surface area (Å²) in [4.78, 5) is 0. The molecule has 1 heterocycles. The van der Waals surface area contributed by atoms with Gasteiger partial charge in [0.25, 0.3) is 0 Å². The Morgan fingerprint density at radius 3 is 2.00 bits per heavy atom. The van der Waals surface area contributed by atoms with Gasteiger partial charge in [-0.3, -0.25) is 4.18 Å². The fourth-order valence-corrected chi connectivity index (χ4v) is 3.76. The monoisotopic (exact) mass is 476 g/mol. The van der Waals surface area contributed by atoms with Crippen LogP contribution in [0.4, 0.5) is 13.2 Å². The van der Waals surface area contributed by atoms with Crippen molar-refractivity contribution in [2.45, 2.75) is 43.3 Å². The molecule has 0 amide bonds. The number of hydrogen-bond donors (Lipinski definition) is 0. The Morgan fingerprint density at radius 1 is 0.906 bits per heavy atom. The molecule has 7 nitrogen and oxygen atoms in total. The third kappa shape index (κ3) is 6.27. The van der Waals surface area contributed by atoms with Crippen molar-refractivity contribution < 1.29 is 44.7 Å². The van der Waals surface area contributed by atoms with Crippen LogP contribution in [0.3, 0.4) is 0 Å². The van der Waals surface area contributed by atoms with Crippen molar-refractivity contribution in [1.82, 2.24) is 0 Å². The molecule has 0 saturated carbocycles. The van der Waals surface area contributed by atoms with Crippen molar-refractivity contribution in [2.24, 2.45) is 0 Å². The predicted octanol–water partition coefficient (Wildman–Crippen LogP) is 3.39. The third-order valence-electron chi connectivity index (χ3n) is 4.70. The second-order valence-corrected chi connectivity index (χ2v) is 8.56. The van der Waals surface area contributed by atoms with Crippen LogP contribution in [-0.2, 0) is 46.5 Å². The van der Waals surface area contributed by atoms with Gasteiger partial charge < -0.3 is 18.9 Å². The lowest BCUT2D eigenvalue weighted by atomic mass is 10.1. The van der Waals surface area contributed by atoms with E-state index in [9.17, 15) is 21.6 Å². The normalized spacial score (nSPS) is 24.0. The van der Waals surface area contributed by atoms with Gasteiger partial charge in [0.15, 0.2) is 12.4 Å². The zero-order chi connectivity index (χ0) is 23.2. The molecule has 2 aromatic rings. The largest absolute Gasteiger partial charge is 0.523 e. The van der Waals surface area contributed by atoms with Crippen LogP contribution >= 0.6 is 0 Å². The molecule has 1 fully saturated rings. The van der Waals surface area contributed by atoms with Crippen LogP contribution in [0, 0.1) is 0 Å². The molecule has 0 aliphatic carbocycles. The topological polar surface area (TPSA) is 80.3 Å². The van der Waals surface area contributed by atoms with Crippen LogP contribution in [0.2, 0.25) is 0 Å². The van der Waals surface area contributed by atoms with Gasteiger partial charge in [0, 0.05) is 7.11 Å². The molecule has 4 atom stereocenters. The summed E-state index contributed by atoms with van der Waals surface area (Å²) in [5.41, 5.74) is -3.99. The minimum atomic E-state index is -5.91. The molecule has 3 rings (SSSR count). The van der Waals surface area contributed by atoms with Crippen molar-refractivity contribution in [2.75, 3.05) is 13.7 Å². The van der Waals surface area contributed by atoms with Gasteiger partial charge in [-0.1, -0.05) is 60.7 Å². The van der Waals surface area contributed by atoms with E-state index in [1.54, 1.807) is 30.3 Å². The zero-order valence-corrected chi connectivity index (χ0v) is 17.9. The molecule has 11 heteroatoms. The van der Waals surface area contributed by atoms with Crippen molar-refractivity contribution in [3.63, 3.8) is 0 Å². The van der Waals surface area contributed by atoms with Crippen molar-refractivity contribution in [3.8, 4) is 0 Å². The molecule has 0 N–H and O–H groups in total. The molecular formula is C21H23F3O7S. The van der Waals surface area contributed by atoms with Crippen LogP contribution in [0.15, 0.2) is 60.7 Å². The van der Waals surface area contributed by atoms with E-state index in [1.807, 2.05) is 30.3 Å². The van der Waals surface area contributed by atoms with E-state index in [0.717, 1.165) is 11.1 Å². The lowest BCUT2D eigenvalue weighted by Gasteiger charge is -2.24. The quantitative estimate of drug-likeness (QED) is 0.384. The molecular weight excluding hydrogens is 453 g/mol. The predicted molar refractivity (Wildman–Crippen MR) is 107 cm³/mol. The Kier molecular flexibility index (Phi) is 8.26. The molecule has 2 aromatic carbocycles. The van der Waals surface area contributed by atoms with E-state index in [4.69, 9.17) is 18.9 Å². The van der Waals surface area contributed by atoms with Gasteiger partial charge in [0.05, 0.1) is 19.8 Å². The summed E-state index contributed by atoms with van der Waals surface area (Å²) in [6, 6.07) is 18.1. The number of benzene rings is 2. The van der Waals surface area contributed by atoms with Gasteiger partial charge >= 0.3 is 15.6 Å². The first-order chi connectivity index (χ1) is 15.2. The lowest BCUT2D eigenvalue weighted by Crippen LogP contribution is -2.43. The summed E-state index contributed by atoms with van der Waals surface area (Å²) in [5.74, 6) is 0. The molecule has 1 aliphatic heterocycles. The van der Waals surface area contributed by atoms with Crippen LogP contribution in [0.25, 0.3) is 0 Å². The summed E-state index contributed by atoms with van der Waals surface area (Å²) in [5, 5.41) is 0. The minimum Gasteiger partial charge on any atom is -0.374 e. The van der Waals surface area contributed by atoms with Crippen molar-refractivity contribution in [1.29, 1.82) is 0 Å². The minimum absolute atomic E-state index is 0.00753. The van der Waals surface area contributed by atoms with E-state index in [0.29, 0.717) is 0 Å². The average Bonchev–Trinajstić information content (AvgIpc) is 3.08. The van der Waals surface area contributed by atoms with Crippen LogP contribution in [-0.4, -0.2) is 52.2 Å². The van der Waals surface area contributed by atoms with Crippen LogP contribution in [0.1, 0.15) is 11.1 Å². The first-order valence-electron chi connectivity index (χ1n) is 9.66. The molecule has 32 heavy (non-hydrogen) atoms. The van der Waals surface area contributed by atoms with Gasteiger partial charge in [-0.05, 0) is 11.1 Å². The highest BCUT2D eigenvalue weighted by atomic mass is 32.2. The third-order valence-corrected chi connectivity index (χ3v) is 5.74. The van der Waals surface area contributed by atoms with Gasteiger partial charge in [-0.15, -0.1) is 0 Å². The summed E-state index contributed by atoms with van der Waals surface area (Å²) in [6.45, 7) is 0.128. The number of hydrogen-bond acceptors (Lipinski definition) is 7. The Balaban J connectivity index is 1.75. The molecule has 0 radical (unpaired) electrons. The van der Waals surface area contributed by atoms with Crippen molar-refractivity contribution in [3.05, 3.63) is 71.8 Å². The highest BCUT2D eigenvalue weighted by Crippen LogP contribution is 2.34. The number of alkyl halides is 3. The number of halogens is 3. The summed E-state index contributed by atoms with van der Waals surface area (Å²) >= 11 is 0. The second kappa shape index (κ2) is 10.7. The Morgan fingerprint density at radius 2 is 1.47 bits per heavy atom. The maximum absolute atomic E-state index is 12.9. The zero-order valence-electron chi connectivity index (χ0n) is 17.1. The Bertz CT molecular complexity index is 939. The number of ether oxygens (including phenoxy) is 4. The fourth-order valence-electron chi connectivity index (χ4n) is 3.15. The van der Waals surface area contributed by atoms with Gasteiger partial charge in [-0.2, -0.15) is 21.6 Å². The molecule has 176 valence electrons. The maximum atomic E-state index is 12.9. The van der Waals surface area contributed by atoms with E-state index in [-0.39, 0.29) is 19.8 Å². The smallest absolute Gasteiger partial charge is 0.374 e. The van der Waals surface area contributed by atoms with Crippen molar-refractivity contribution >= 4 is 10.1 Å². The Labute approximate surface area is 184 Å². The van der Waals surface area contributed by atoms with E-state index < -0.39 is 40.2 Å². The van der Waals surface area contributed by atoms with E-state index >= 15 is 0 Å². The van der Waals surface area contributed by atoms with Gasteiger partial charge in [-0.25, -0.2) is 0 Å². The highest BCUT2D eigenvalue weighted by Gasteiger charge is 2.55. The number of rotatable bonds is 10. The van der Waals surface area contributed by atoms with Gasteiger partial charge in [0.2, 0.25) is 0 Å². The first kappa shape index (κ1) is 24.6. The lowest BCUT2D eigenvalue weighted by molar-refractivity contribution is -0.154. The van der Waals surface area contributed by atoms with E-state index in [2.05, 4.69) is 4.18 Å². The molecule has 1 unspecified atom stereocenters. The molecule has 0 aromatic heterocycles. The molecule has 0 spiro atoms. The van der Waals surface area contributed by atoms with Gasteiger partial charge in [0.1, 0.15) is 12.2 Å².